The molecule has 0 saturated heterocycles. The molecule has 0 aliphatic carbocycles. The van der Waals surface area contributed by atoms with Gasteiger partial charge in [-0.2, -0.15) is 0 Å². The Morgan fingerprint density at radius 2 is 1.78 bits per heavy atom. The van der Waals surface area contributed by atoms with Gasteiger partial charge in [-0.1, -0.05) is 35.5 Å². The van der Waals surface area contributed by atoms with Crippen LogP contribution in [0.1, 0.15) is 29.5 Å². The number of aryl methyl sites for hydroxylation is 2. The molecule has 27 heavy (non-hydrogen) atoms. The molecule has 1 amide bonds. The maximum atomic E-state index is 12.7. The van der Waals surface area contributed by atoms with Crippen LogP contribution in [0.2, 0.25) is 0 Å². The fourth-order valence-electron chi connectivity index (χ4n) is 2.95. The van der Waals surface area contributed by atoms with Gasteiger partial charge in [-0.3, -0.25) is 4.79 Å². The van der Waals surface area contributed by atoms with Crippen molar-refractivity contribution in [3.8, 4) is 5.75 Å². The highest BCUT2D eigenvalue weighted by Gasteiger charge is 2.14. The maximum absolute atomic E-state index is 12.7. The van der Waals surface area contributed by atoms with Crippen LogP contribution in [-0.4, -0.2) is 17.6 Å². The zero-order valence-electron chi connectivity index (χ0n) is 15.9. The van der Waals surface area contributed by atoms with E-state index < -0.39 is 0 Å². The van der Waals surface area contributed by atoms with Crippen LogP contribution in [0.4, 0.5) is 5.69 Å². The van der Waals surface area contributed by atoms with Gasteiger partial charge in [-0.25, -0.2) is 0 Å². The number of anilines is 1. The molecule has 0 fully saturated rings. The number of carbonyl (C=O) groups is 1. The van der Waals surface area contributed by atoms with Gasteiger partial charge in [-0.05, 0) is 50.6 Å². The first-order valence-corrected chi connectivity index (χ1v) is 9.07. The molecular weight excluding hydrogens is 340 g/mol. The van der Waals surface area contributed by atoms with Crippen molar-refractivity contribution in [1.29, 1.82) is 0 Å². The predicted molar refractivity (Wildman–Crippen MR) is 105 cm³/mol. The molecule has 5 heteroatoms. The largest absolute Gasteiger partial charge is 0.489 e. The Labute approximate surface area is 159 Å². The minimum atomic E-state index is 0.0769. The van der Waals surface area contributed by atoms with Crippen LogP contribution in [0.15, 0.2) is 59.1 Å². The highest BCUT2D eigenvalue weighted by molar-refractivity contribution is 5.94. The predicted octanol–water partition coefficient (Wildman–Crippen LogP) is 4.47. The second kappa shape index (κ2) is 8.54. The quantitative estimate of drug-likeness (QED) is 0.621. The highest BCUT2D eigenvalue weighted by Crippen LogP contribution is 2.19. The van der Waals surface area contributed by atoms with E-state index in [4.69, 9.17) is 9.26 Å². The Bertz CT molecular complexity index is 866. The van der Waals surface area contributed by atoms with Crippen LogP contribution < -0.4 is 9.64 Å². The highest BCUT2D eigenvalue weighted by atomic mass is 16.5. The van der Waals surface area contributed by atoms with Crippen LogP contribution in [0.5, 0.6) is 5.75 Å². The first-order chi connectivity index (χ1) is 13.1. The molecular formula is C22H24N2O3. The summed E-state index contributed by atoms with van der Waals surface area (Å²) in [7, 11) is 0. The van der Waals surface area contributed by atoms with E-state index in [1.165, 1.54) is 0 Å². The van der Waals surface area contributed by atoms with Gasteiger partial charge >= 0.3 is 0 Å². The first-order valence-electron chi connectivity index (χ1n) is 9.07. The molecule has 5 nitrogen and oxygen atoms in total. The van der Waals surface area contributed by atoms with Gasteiger partial charge in [-0.15, -0.1) is 0 Å². The van der Waals surface area contributed by atoms with Crippen molar-refractivity contribution in [2.24, 2.45) is 0 Å². The number of para-hydroxylation sites is 1. The average molecular weight is 364 g/mol. The maximum Gasteiger partial charge on any atom is 0.231 e. The molecule has 0 atom stereocenters. The number of hydrogen-bond donors (Lipinski definition) is 0. The standard InChI is InChI=1S/C22H24N2O3/c1-4-24(19-8-6-5-7-9-19)22(25)14-18-10-12-20(13-11-18)26-15-21-16(2)23-27-17(21)3/h5-13H,4,14-15H2,1-3H3. The molecule has 2 aromatic carbocycles. The van der Waals surface area contributed by atoms with E-state index >= 15 is 0 Å². The molecule has 3 aromatic rings. The fraction of sp³-hybridized carbons (Fsp3) is 0.273. The van der Waals surface area contributed by atoms with Gasteiger partial charge < -0.3 is 14.2 Å². The van der Waals surface area contributed by atoms with Gasteiger partial charge in [0.25, 0.3) is 0 Å². The van der Waals surface area contributed by atoms with Crippen molar-refractivity contribution in [3.05, 3.63) is 77.2 Å². The van der Waals surface area contributed by atoms with Crippen molar-refractivity contribution in [3.63, 3.8) is 0 Å². The number of benzene rings is 2. The molecule has 0 spiro atoms. The molecule has 1 aromatic heterocycles. The zero-order valence-corrected chi connectivity index (χ0v) is 15.9. The Morgan fingerprint density at radius 1 is 1.07 bits per heavy atom. The minimum absolute atomic E-state index is 0.0769. The number of rotatable bonds is 7. The van der Waals surface area contributed by atoms with E-state index in [1.807, 2.05) is 75.4 Å². The summed E-state index contributed by atoms with van der Waals surface area (Å²) >= 11 is 0. The number of nitrogens with zero attached hydrogens (tertiary/aromatic N) is 2. The average Bonchev–Trinajstić information content (AvgIpc) is 3.00. The van der Waals surface area contributed by atoms with Crippen LogP contribution >= 0.6 is 0 Å². The SMILES string of the molecule is CCN(C(=O)Cc1ccc(OCc2c(C)noc2C)cc1)c1ccccc1. The second-order valence-corrected chi connectivity index (χ2v) is 6.39. The summed E-state index contributed by atoms with van der Waals surface area (Å²) in [5.74, 6) is 1.60. The fourth-order valence-corrected chi connectivity index (χ4v) is 2.95. The van der Waals surface area contributed by atoms with Crippen molar-refractivity contribution in [2.75, 3.05) is 11.4 Å². The molecule has 0 unspecified atom stereocenters. The van der Waals surface area contributed by atoms with Gasteiger partial charge in [0.1, 0.15) is 18.1 Å². The molecule has 1 heterocycles. The summed E-state index contributed by atoms with van der Waals surface area (Å²) in [5.41, 5.74) is 3.69. The van der Waals surface area contributed by atoms with Crippen molar-refractivity contribution >= 4 is 11.6 Å². The Balaban J connectivity index is 1.61. The molecule has 0 aliphatic rings. The minimum Gasteiger partial charge on any atom is -0.489 e. The van der Waals surface area contributed by atoms with Crippen LogP contribution in [-0.2, 0) is 17.8 Å². The third-order valence-corrected chi connectivity index (χ3v) is 4.53. The van der Waals surface area contributed by atoms with Crippen LogP contribution in [0.3, 0.4) is 0 Å². The number of carbonyl (C=O) groups excluding carboxylic acids is 1. The molecule has 140 valence electrons. The van der Waals surface area contributed by atoms with Crippen LogP contribution in [0, 0.1) is 13.8 Å². The lowest BCUT2D eigenvalue weighted by Gasteiger charge is -2.21. The lowest BCUT2D eigenvalue weighted by molar-refractivity contribution is -0.117. The Kier molecular flexibility index (Phi) is 5.91. The Hall–Kier alpha value is -3.08. The third kappa shape index (κ3) is 4.56. The van der Waals surface area contributed by atoms with E-state index in [1.54, 1.807) is 4.90 Å². The van der Waals surface area contributed by atoms with E-state index in [9.17, 15) is 4.79 Å². The third-order valence-electron chi connectivity index (χ3n) is 4.53. The van der Waals surface area contributed by atoms with Gasteiger partial charge in [0.2, 0.25) is 5.91 Å². The summed E-state index contributed by atoms with van der Waals surface area (Å²) in [6.45, 7) is 6.81. The zero-order chi connectivity index (χ0) is 19.2. The summed E-state index contributed by atoms with van der Waals surface area (Å²) in [6, 6.07) is 17.4. The normalized spacial score (nSPS) is 10.6. The van der Waals surface area contributed by atoms with Crippen LogP contribution in [0.25, 0.3) is 0 Å². The summed E-state index contributed by atoms with van der Waals surface area (Å²) < 4.78 is 11.0. The molecule has 0 bridgehead atoms. The summed E-state index contributed by atoms with van der Waals surface area (Å²) in [5, 5.41) is 3.93. The smallest absolute Gasteiger partial charge is 0.231 e. The monoisotopic (exact) mass is 364 g/mol. The van der Waals surface area contributed by atoms with E-state index in [-0.39, 0.29) is 5.91 Å². The van der Waals surface area contributed by atoms with E-state index in [2.05, 4.69) is 5.16 Å². The molecule has 3 rings (SSSR count). The van der Waals surface area contributed by atoms with Crippen molar-refractivity contribution in [2.45, 2.75) is 33.8 Å². The number of hydrogen-bond acceptors (Lipinski definition) is 4. The molecule has 0 aliphatic heterocycles. The molecule has 0 N–H and O–H groups in total. The van der Waals surface area contributed by atoms with E-state index in [0.717, 1.165) is 34.0 Å². The van der Waals surface area contributed by atoms with E-state index in [0.29, 0.717) is 19.6 Å². The number of ether oxygens (including phenoxy) is 1. The lowest BCUT2D eigenvalue weighted by Crippen LogP contribution is -2.31. The van der Waals surface area contributed by atoms with Crippen molar-refractivity contribution in [1.82, 2.24) is 5.16 Å². The van der Waals surface area contributed by atoms with Gasteiger partial charge in [0.05, 0.1) is 17.7 Å². The van der Waals surface area contributed by atoms with Gasteiger partial charge in [0, 0.05) is 12.2 Å². The Morgan fingerprint density at radius 3 is 2.37 bits per heavy atom. The number of likely N-dealkylation sites (N-methyl/N-ethyl adjacent to an activating group) is 1. The summed E-state index contributed by atoms with van der Waals surface area (Å²) in [4.78, 5) is 14.5. The van der Waals surface area contributed by atoms with Crippen molar-refractivity contribution < 1.29 is 14.1 Å². The number of amides is 1. The second-order valence-electron chi connectivity index (χ2n) is 6.39. The first kappa shape index (κ1) is 18.7. The summed E-state index contributed by atoms with van der Waals surface area (Å²) in [6.07, 6.45) is 0.354. The topological polar surface area (TPSA) is 55.6 Å². The molecule has 0 radical (unpaired) electrons. The number of aromatic nitrogens is 1. The molecule has 0 saturated carbocycles. The van der Waals surface area contributed by atoms with Gasteiger partial charge in [0.15, 0.2) is 0 Å². The lowest BCUT2D eigenvalue weighted by atomic mass is 10.1.